The van der Waals surface area contributed by atoms with Gasteiger partial charge in [-0.05, 0) is 10.4 Å². The Labute approximate surface area is 51.7 Å². The van der Waals surface area contributed by atoms with Gasteiger partial charge >= 0.3 is 0 Å². The molecule has 0 saturated heterocycles. The number of hydrogen-bond donors (Lipinski definition) is 2. The molecular formula is CH2N5O2S. The second-order valence-corrected chi connectivity index (χ2v) is 1.76. The SMILES string of the molecule is O=[SH](=O)Nn1[c]nnn1. The average Bonchev–Trinajstić information content (AvgIpc) is 2.15. The number of nitrogens with zero attached hydrogens (tertiary/aromatic N) is 4. The van der Waals surface area contributed by atoms with Crippen LogP contribution in [0.1, 0.15) is 0 Å². The lowest BCUT2D eigenvalue weighted by atomic mass is 11.4. The third-order valence-electron chi connectivity index (χ3n) is 0.490. The Bertz CT molecular complexity index is 229. The highest BCUT2D eigenvalue weighted by molar-refractivity contribution is 7.73. The fourth-order valence-corrected chi connectivity index (χ4v) is 0.501. The van der Waals surface area contributed by atoms with Crippen molar-refractivity contribution >= 4 is 10.9 Å². The van der Waals surface area contributed by atoms with Crippen molar-refractivity contribution in [2.45, 2.75) is 0 Å². The third-order valence-corrected chi connectivity index (χ3v) is 0.843. The van der Waals surface area contributed by atoms with Gasteiger partial charge in [0.05, 0.1) is 0 Å². The van der Waals surface area contributed by atoms with Crippen LogP contribution in [0, 0.1) is 6.33 Å². The second kappa shape index (κ2) is 2.40. The van der Waals surface area contributed by atoms with Crippen LogP contribution >= 0.6 is 0 Å². The first-order valence-corrected chi connectivity index (χ1v) is 3.04. The van der Waals surface area contributed by atoms with Crippen molar-refractivity contribution in [2.24, 2.45) is 0 Å². The standard InChI is InChI=1S/CH2N5O2S/c7-9(8)5-6-1-2-3-4-6/h9H,(H,5,7,8). The second-order valence-electron chi connectivity index (χ2n) is 1.05. The van der Waals surface area contributed by atoms with Gasteiger partial charge in [-0.2, -0.15) is 0 Å². The fourth-order valence-electron chi connectivity index (χ4n) is 0.262. The van der Waals surface area contributed by atoms with E-state index in [9.17, 15) is 8.42 Å². The molecule has 0 amide bonds. The minimum absolute atomic E-state index is 0.756. The van der Waals surface area contributed by atoms with Crippen molar-refractivity contribution in [1.29, 1.82) is 0 Å². The lowest BCUT2D eigenvalue weighted by Gasteiger charge is -1.88. The summed E-state index contributed by atoms with van der Waals surface area (Å²) in [5.41, 5.74) is 0. The monoisotopic (exact) mass is 148 g/mol. The van der Waals surface area contributed by atoms with Crippen LogP contribution in [-0.2, 0) is 10.9 Å². The zero-order valence-electron chi connectivity index (χ0n) is 4.05. The van der Waals surface area contributed by atoms with E-state index in [1.807, 2.05) is 4.83 Å². The molecule has 0 fully saturated rings. The van der Waals surface area contributed by atoms with E-state index < -0.39 is 10.9 Å². The molecule has 1 rings (SSSR count). The molecule has 0 unspecified atom stereocenters. The Morgan fingerprint density at radius 2 is 2.33 bits per heavy atom. The minimum Gasteiger partial charge on any atom is -0.208 e. The van der Waals surface area contributed by atoms with Gasteiger partial charge in [0.1, 0.15) is 0 Å². The number of tetrazole rings is 1. The molecule has 7 nitrogen and oxygen atoms in total. The maximum absolute atomic E-state index is 9.86. The summed E-state index contributed by atoms with van der Waals surface area (Å²) >= 11 is 0. The van der Waals surface area contributed by atoms with Crippen LogP contribution in [0.3, 0.4) is 0 Å². The third kappa shape index (κ3) is 1.64. The summed E-state index contributed by atoms with van der Waals surface area (Å²) in [6, 6.07) is 0. The molecule has 0 bridgehead atoms. The van der Waals surface area contributed by atoms with E-state index in [0.717, 1.165) is 4.79 Å². The van der Waals surface area contributed by atoms with E-state index >= 15 is 0 Å². The summed E-state index contributed by atoms with van der Waals surface area (Å²) in [6.07, 6.45) is 2.12. The van der Waals surface area contributed by atoms with Crippen LogP contribution in [0.5, 0.6) is 0 Å². The van der Waals surface area contributed by atoms with Crippen LogP contribution in [0.25, 0.3) is 0 Å². The predicted molar refractivity (Wildman–Crippen MR) is 26.3 cm³/mol. The molecule has 0 aliphatic heterocycles. The highest BCUT2D eigenvalue weighted by Gasteiger charge is 1.87. The topological polar surface area (TPSA) is 89.8 Å². The number of rotatable bonds is 2. The molecule has 0 spiro atoms. The van der Waals surface area contributed by atoms with Gasteiger partial charge in [0.25, 0.3) is 0 Å². The summed E-state index contributed by atoms with van der Waals surface area (Å²) in [4.78, 5) is 2.62. The lowest BCUT2D eigenvalue weighted by molar-refractivity contribution is 0.608. The molecule has 0 aromatic carbocycles. The smallest absolute Gasteiger partial charge is 0.208 e. The zero-order valence-corrected chi connectivity index (χ0v) is 4.95. The van der Waals surface area contributed by atoms with Crippen LogP contribution in [-0.4, -0.2) is 28.7 Å². The quantitative estimate of drug-likeness (QED) is 0.454. The summed E-state index contributed by atoms with van der Waals surface area (Å²) in [5.74, 6) is 0. The summed E-state index contributed by atoms with van der Waals surface area (Å²) in [6.45, 7) is 0. The van der Waals surface area contributed by atoms with Crippen LogP contribution in [0.4, 0.5) is 0 Å². The minimum atomic E-state index is -2.71. The van der Waals surface area contributed by atoms with Gasteiger partial charge in [0.15, 0.2) is 0 Å². The molecule has 1 N–H and O–H groups in total. The average molecular weight is 148 g/mol. The van der Waals surface area contributed by atoms with E-state index in [0.29, 0.717) is 0 Å². The molecule has 0 aliphatic carbocycles. The van der Waals surface area contributed by atoms with Gasteiger partial charge in [-0.25, -0.2) is 13.2 Å². The molecule has 0 atom stereocenters. The number of nitrogens with one attached hydrogen (secondary N) is 1. The maximum Gasteiger partial charge on any atom is 0.246 e. The van der Waals surface area contributed by atoms with E-state index in [1.165, 1.54) is 0 Å². The Morgan fingerprint density at radius 3 is 2.78 bits per heavy atom. The Hall–Kier alpha value is -1.18. The van der Waals surface area contributed by atoms with E-state index in [1.54, 1.807) is 0 Å². The van der Waals surface area contributed by atoms with Crippen molar-refractivity contribution in [3.8, 4) is 0 Å². The summed E-state index contributed by atoms with van der Waals surface area (Å²) in [7, 11) is -2.71. The Kier molecular flexibility index (Phi) is 1.58. The van der Waals surface area contributed by atoms with Gasteiger partial charge < -0.3 is 0 Å². The van der Waals surface area contributed by atoms with Crippen molar-refractivity contribution in [1.82, 2.24) is 20.3 Å². The molecule has 1 radical (unpaired) electrons. The molecule has 8 heteroatoms. The number of thiol groups is 1. The molecular weight excluding hydrogens is 146 g/mol. The van der Waals surface area contributed by atoms with Gasteiger partial charge in [0, 0.05) is 0 Å². The lowest BCUT2D eigenvalue weighted by Crippen LogP contribution is -2.13. The van der Waals surface area contributed by atoms with Crippen molar-refractivity contribution in [2.75, 3.05) is 4.83 Å². The van der Waals surface area contributed by atoms with Crippen molar-refractivity contribution in [3.63, 3.8) is 0 Å². The first-order valence-electron chi connectivity index (χ1n) is 1.86. The highest BCUT2D eigenvalue weighted by Crippen LogP contribution is 1.64. The molecule has 1 aromatic rings. The molecule has 49 valence electrons. The summed E-state index contributed by atoms with van der Waals surface area (Å²) < 4.78 is 19.7. The molecule has 1 aromatic heterocycles. The Morgan fingerprint density at radius 1 is 1.56 bits per heavy atom. The molecule has 0 saturated carbocycles. The van der Waals surface area contributed by atoms with Gasteiger partial charge in [0.2, 0.25) is 17.2 Å². The van der Waals surface area contributed by atoms with E-state index in [2.05, 4.69) is 21.9 Å². The molecule has 9 heavy (non-hydrogen) atoms. The zero-order chi connectivity index (χ0) is 6.69. The first kappa shape index (κ1) is 5.95. The Balaban J connectivity index is 2.68. The predicted octanol–water partition coefficient (Wildman–Crippen LogP) is -2.46. The van der Waals surface area contributed by atoms with Crippen molar-refractivity contribution < 1.29 is 8.42 Å². The van der Waals surface area contributed by atoms with Gasteiger partial charge in [-0.3, -0.25) is 0 Å². The van der Waals surface area contributed by atoms with Gasteiger partial charge in [-0.15, -0.1) is 9.89 Å². The fraction of sp³-hybridized carbons (Fsp3) is 0. The van der Waals surface area contributed by atoms with Crippen LogP contribution in [0.15, 0.2) is 0 Å². The van der Waals surface area contributed by atoms with Crippen molar-refractivity contribution in [3.05, 3.63) is 6.33 Å². The van der Waals surface area contributed by atoms with Crippen LogP contribution < -0.4 is 4.83 Å². The largest absolute Gasteiger partial charge is 0.246 e. The number of aromatic nitrogens is 4. The molecule has 0 aliphatic rings. The number of hydrogen-bond acceptors (Lipinski definition) is 5. The maximum atomic E-state index is 9.86. The first-order chi connectivity index (χ1) is 4.29. The normalized spacial score (nSPS) is 9.89. The van der Waals surface area contributed by atoms with E-state index in [-0.39, 0.29) is 0 Å². The van der Waals surface area contributed by atoms with Crippen LogP contribution in [0.2, 0.25) is 0 Å². The highest BCUT2D eigenvalue weighted by atomic mass is 32.2. The van der Waals surface area contributed by atoms with E-state index in [4.69, 9.17) is 0 Å². The summed E-state index contributed by atoms with van der Waals surface area (Å²) in [5, 5.41) is 9.34. The molecule has 1 heterocycles. The van der Waals surface area contributed by atoms with Gasteiger partial charge in [-0.1, -0.05) is 0 Å².